The first kappa shape index (κ1) is 12.2. The molecular formula is C16H15NOS. The Morgan fingerprint density at radius 2 is 1.84 bits per heavy atom. The van der Waals surface area contributed by atoms with Gasteiger partial charge in [-0.3, -0.25) is 0 Å². The molecule has 0 unspecified atom stereocenters. The number of ether oxygens (including phenoxy) is 1. The van der Waals surface area contributed by atoms with Crippen molar-refractivity contribution in [2.24, 2.45) is 0 Å². The van der Waals surface area contributed by atoms with Gasteiger partial charge in [-0.2, -0.15) is 0 Å². The Balaban J connectivity index is 2.05. The third kappa shape index (κ3) is 2.47. The van der Waals surface area contributed by atoms with Gasteiger partial charge in [0, 0.05) is 0 Å². The van der Waals surface area contributed by atoms with E-state index in [0.29, 0.717) is 0 Å². The van der Waals surface area contributed by atoms with Gasteiger partial charge < -0.3 is 4.74 Å². The highest BCUT2D eigenvalue weighted by molar-refractivity contribution is 7.21. The lowest BCUT2D eigenvalue weighted by atomic mass is 10.2. The van der Waals surface area contributed by atoms with E-state index in [2.05, 4.69) is 19.1 Å². The molecule has 0 aliphatic heterocycles. The molecule has 0 aliphatic carbocycles. The van der Waals surface area contributed by atoms with Crippen LogP contribution in [0.1, 0.15) is 13.3 Å². The van der Waals surface area contributed by atoms with Crippen molar-refractivity contribution in [3.8, 4) is 16.3 Å². The Bertz CT molecular complexity index is 657. The van der Waals surface area contributed by atoms with Crippen molar-refractivity contribution in [3.05, 3.63) is 48.5 Å². The standard InChI is InChI=1S/C16H15NOS/c1-2-11-18-14-9-5-3-7-12(14)16-17-13-8-4-6-10-15(13)19-16/h3-10H,2,11H2,1H3. The zero-order chi connectivity index (χ0) is 13.1. The van der Waals surface area contributed by atoms with Crippen molar-refractivity contribution in [2.45, 2.75) is 13.3 Å². The predicted octanol–water partition coefficient (Wildman–Crippen LogP) is 4.75. The summed E-state index contributed by atoms with van der Waals surface area (Å²) in [4.78, 5) is 4.69. The molecule has 3 heteroatoms. The second kappa shape index (κ2) is 5.41. The summed E-state index contributed by atoms with van der Waals surface area (Å²) in [6.45, 7) is 2.85. The van der Waals surface area contributed by atoms with Crippen LogP contribution in [0, 0.1) is 0 Å². The lowest BCUT2D eigenvalue weighted by Crippen LogP contribution is -1.96. The third-order valence-electron chi connectivity index (χ3n) is 2.87. The Morgan fingerprint density at radius 1 is 1.05 bits per heavy atom. The third-order valence-corrected chi connectivity index (χ3v) is 3.94. The number of para-hydroxylation sites is 2. The molecule has 96 valence electrons. The fourth-order valence-corrected chi connectivity index (χ4v) is 2.96. The number of aromatic nitrogens is 1. The molecule has 0 amide bonds. The summed E-state index contributed by atoms with van der Waals surface area (Å²) in [7, 11) is 0. The molecule has 3 rings (SSSR count). The summed E-state index contributed by atoms with van der Waals surface area (Å²) in [6.07, 6.45) is 1.01. The highest BCUT2D eigenvalue weighted by Gasteiger charge is 2.10. The van der Waals surface area contributed by atoms with Crippen LogP contribution in [0.4, 0.5) is 0 Å². The van der Waals surface area contributed by atoms with E-state index in [-0.39, 0.29) is 0 Å². The highest BCUT2D eigenvalue weighted by atomic mass is 32.1. The summed E-state index contributed by atoms with van der Waals surface area (Å²) >= 11 is 1.71. The Morgan fingerprint density at radius 3 is 2.68 bits per heavy atom. The molecule has 0 atom stereocenters. The molecule has 2 aromatic carbocycles. The van der Waals surface area contributed by atoms with E-state index in [4.69, 9.17) is 9.72 Å². The molecule has 0 N–H and O–H groups in total. The van der Waals surface area contributed by atoms with Gasteiger partial charge in [-0.1, -0.05) is 31.2 Å². The first-order valence-electron chi connectivity index (χ1n) is 6.46. The van der Waals surface area contributed by atoms with E-state index in [1.165, 1.54) is 4.70 Å². The van der Waals surface area contributed by atoms with Crippen LogP contribution in [0.5, 0.6) is 5.75 Å². The Kier molecular flexibility index (Phi) is 3.47. The molecule has 1 heterocycles. The Labute approximate surface area is 116 Å². The molecule has 1 aromatic heterocycles. The number of benzene rings is 2. The summed E-state index contributed by atoms with van der Waals surface area (Å²) < 4.78 is 7.01. The minimum atomic E-state index is 0.738. The van der Waals surface area contributed by atoms with Crippen LogP contribution in [0.25, 0.3) is 20.8 Å². The van der Waals surface area contributed by atoms with E-state index in [0.717, 1.165) is 34.9 Å². The second-order valence-electron chi connectivity index (χ2n) is 4.33. The van der Waals surface area contributed by atoms with Gasteiger partial charge in [-0.05, 0) is 30.7 Å². The van der Waals surface area contributed by atoms with E-state index >= 15 is 0 Å². The van der Waals surface area contributed by atoms with Gasteiger partial charge in [0.25, 0.3) is 0 Å². The largest absolute Gasteiger partial charge is 0.493 e. The number of hydrogen-bond acceptors (Lipinski definition) is 3. The predicted molar refractivity (Wildman–Crippen MR) is 80.8 cm³/mol. The van der Waals surface area contributed by atoms with Gasteiger partial charge in [0.05, 0.1) is 22.4 Å². The summed E-state index contributed by atoms with van der Waals surface area (Å²) in [6, 6.07) is 16.3. The van der Waals surface area contributed by atoms with Gasteiger partial charge >= 0.3 is 0 Å². The smallest absolute Gasteiger partial charge is 0.129 e. The normalized spacial score (nSPS) is 10.8. The second-order valence-corrected chi connectivity index (χ2v) is 5.36. The zero-order valence-corrected chi connectivity index (χ0v) is 11.6. The minimum absolute atomic E-state index is 0.738. The lowest BCUT2D eigenvalue weighted by Gasteiger charge is -2.08. The first-order valence-corrected chi connectivity index (χ1v) is 7.28. The molecule has 0 aliphatic rings. The average Bonchev–Trinajstić information content (AvgIpc) is 2.89. The molecule has 0 radical (unpaired) electrons. The molecule has 3 aromatic rings. The van der Waals surface area contributed by atoms with Gasteiger partial charge in [0.1, 0.15) is 10.8 Å². The van der Waals surface area contributed by atoms with Crippen molar-refractivity contribution < 1.29 is 4.74 Å². The average molecular weight is 269 g/mol. The molecule has 0 saturated carbocycles. The van der Waals surface area contributed by atoms with Crippen molar-refractivity contribution in [1.29, 1.82) is 0 Å². The molecule has 0 bridgehead atoms. The number of thiazole rings is 1. The summed E-state index contributed by atoms with van der Waals surface area (Å²) in [5, 5.41) is 1.02. The van der Waals surface area contributed by atoms with Crippen LogP contribution in [-0.2, 0) is 0 Å². The maximum absolute atomic E-state index is 5.80. The fraction of sp³-hybridized carbons (Fsp3) is 0.188. The molecule has 0 fully saturated rings. The number of fused-ring (bicyclic) bond motifs is 1. The van der Waals surface area contributed by atoms with Gasteiger partial charge in [0.2, 0.25) is 0 Å². The van der Waals surface area contributed by atoms with Crippen molar-refractivity contribution >= 4 is 21.6 Å². The van der Waals surface area contributed by atoms with E-state index in [9.17, 15) is 0 Å². The molecule has 0 spiro atoms. The van der Waals surface area contributed by atoms with Crippen LogP contribution in [0.2, 0.25) is 0 Å². The fourth-order valence-electron chi connectivity index (χ4n) is 1.97. The van der Waals surface area contributed by atoms with Crippen LogP contribution in [-0.4, -0.2) is 11.6 Å². The van der Waals surface area contributed by atoms with Crippen molar-refractivity contribution in [2.75, 3.05) is 6.61 Å². The van der Waals surface area contributed by atoms with Gasteiger partial charge in [-0.15, -0.1) is 11.3 Å². The maximum atomic E-state index is 5.80. The van der Waals surface area contributed by atoms with Crippen LogP contribution in [0.3, 0.4) is 0 Å². The minimum Gasteiger partial charge on any atom is -0.493 e. The van der Waals surface area contributed by atoms with Gasteiger partial charge in [-0.25, -0.2) is 4.98 Å². The lowest BCUT2D eigenvalue weighted by molar-refractivity contribution is 0.318. The number of rotatable bonds is 4. The maximum Gasteiger partial charge on any atom is 0.129 e. The summed E-state index contributed by atoms with van der Waals surface area (Å²) in [5.74, 6) is 0.920. The quantitative estimate of drug-likeness (QED) is 0.681. The number of hydrogen-bond donors (Lipinski definition) is 0. The SMILES string of the molecule is CCCOc1ccccc1-c1nc2ccccc2s1. The van der Waals surface area contributed by atoms with E-state index in [1.54, 1.807) is 11.3 Å². The zero-order valence-electron chi connectivity index (χ0n) is 10.8. The summed E-state index contributed by atoms with van der Waals surface area (Å²) in [5.41, 5.74) is 2.13. The Hall–Kier alpha value is -1.87. The van der Waals surface area contributed by atoms with Crippen molar-refractivity contribution in [1.82, 2.24) is 4.98 Å². The van der Waals surface area contributed by atoms with Crippen LogP contribution in [0.15, 0.2) is 48.5 Å². The first-order chi connectivity index (χ1) is 9.38. The van der Waals surface area contributed by atoms with E-state index in [1.807, 2.05) is 36.4 Å². The topological polar surface area (TPSA) is 22.1 Å². The molecule has 2 nitrogen and oxygen atoms in total. The molecule has 0 saturated heterocycles. The van der Waals surface area contributed by atoms with Gasteiger partial charge in [0.15, 0.2) is 0 Å². The van der Waals surface area contributed by atoms with Crippen LogP contribution >= 0.6 is 11.3 Å². The van der Waals surface area contributed by atoms with E-state index < -0.39 is 0 Å². The highest BCUT2D eigenvalue weighted by Crippen LogP contribution is 2.35. The van der Waals surface area contributed by atoms with Crippen LogP contribution < -0.4 is 4.74 Å². The molecule has 19 heavy (non-hydrogen) atoms. The molecular weight excluding hydrogens is 254 g/mol. The van der Waals surface area contributed by atoms with Crippen molar-refractivity contribution in [3.63, 3.8) is 0 Å². The monoisotopic (exact) mass is 269 g/mol. The number of nitrogens with zero attached hydrogens (tertiary/aromatic N) is 1.